The number of hydrogen-bond donors (Lipinski definition) is 0. The number of halogens is 1. The Hall–Kier alpha value is -1.76. The lowest BCUT2D eigenvalue weighted by molar-refractivity contribution is -0.112. The molecule has 1 saturated heterocycles. The predicted octanol–water partition coefficient (Wildman–Crippen LogP) is 2.26. The number of ether oxygens (including phenoxy) is 1. The molecule has 114 valence electrons. The first-order valence-electron chi connectivity index (χ1n) is 6.99. The van der Waals surface area contributed by atoms with Gasteiger partial charge in [-0.3, -0.25) is 0 Å². The van der Waals surface area contributed by atoms with Crippen LogP contribution in [0.4, 0.5) is 4.39 Å². The Balaban J connectivity index is 1.60. The molecule has 2 heterocycles. The minimum Gasteiger partial charge on any atom is -0.363 e. The van der Waals surface area contributed by atoms with E-state index in [1.807, 2.05) is 24.3 Å². The van der Waals surface area contributed by atoms with E-state index in [4.69, 9.17) is 4.74 Å². The summed E-state index contributed by atoms with van der Waals surface area (Å²) >= 11 is 0. The third-order valence-corrected chi connectivity index (χ3v) is 6.13. The summed E-state index contributed by atoms with van der Waals surface area (Å²) < 4.78 is 45.2. The Kier molecular flexibility index (Phi) is 2.91. The van der Waals surface area contributed by atoms with E-state index in [0.29, 0.717) is 19.7 Å². The molecule has 2 aliphatic rings. The Morgan fingerprint density at radius 2 is 1.73 bits per heavy atom. The molecule has 0 amide bonds. The number of hydrogen-bond acceptors (Lipinski definition) is 3. The van der Waals surface area contributed by atoms with E-state index in [2.05, 4.69) is 0 Å². The van der Waals surface area contributed by atoms with Gasteiger partial charge in [-0.1, -0.05) is 24.3 Å². The first-order valence-corrected chi connectivity index (χ1v) is 8.43. The lowest BCUT2D eigenvalue weighted by Crippen LogP contribution is -2.60. The molecular formula is C16H14FNO3S. The van der Waals surface area contributed by atoms with E-state index in [1.165, 1.54) is 16.4 Å². The minimum atomic E-state index is -3.60. The highest BCUT2D eigenvalue weighted by Crippen LogP contribution is 2.45. The second-order valence-corrected chi connectivity index (χ2v) is 7.61. The van der Waals surface area contributed by atoms with Gasteiger partial charge < -0.3 is 4.74 Å². The van der Waals surface area contributed by atoms with Gasteiger partial charge in [0.15, 0.2) is 0 Å². The normalized spacial score (nSPS) is 19.9. The van der Waals surface area contributed by atoms with Crippen molar-refractivity contribution in [2.24, 2.45) is 0 Å². The van der Waals surface area contributed by atoms with Crippen molar-refractivity contribution in [2.45, 2.75) is 17.1 Å². The first kappa shape index (κ1) is 13.9. The molecule has 0 aliphatic carbocycles. The van der Waals surface area contributed by atoms with Crippen molar-refractivity contribution in [2.75, 3.05) is 13.1 Å². The summed E-state index contributed by atoms with van der Waals surface area (Å²) in [6.07, 6.45) is 0. The van der Waals surface area contributed by atoms with Gasteiger partial charge >= 0.3 is 0 Å². The topological polar surface area (TPSA) is 46.6 Å². The van der Waals surface area contributed by atoms with Gasteiger partial charge in [0, 0.05) is 13.1 Å². The largest absolute Gasteiger partial charge is 0.363 e. The lowest BCUT2D eigenvalue weighted by Gasteiger charge is -2.46. The quantitative estimate of drug-likeness (QED) is 0.853. The summed E-state index contributed by atoms with van der Waals surface area (Å²) in [5.41, 5.74) is 1.66. The van der Waals surface area contributed by atoms with Crippen LogP contribution in [0, 0.1) is 5.82 Å². The highest BCUT2D eigenvalue weighted by molar-refractivity contribution is 7.89. The zero-order valence-corrected chi connectivity index (χ0v) is 12.5. The Morgan fingerprint density at radius 3 is 2.45 bits per heavy atom. The summed E-state index contributed by atoms with van der Waals surface area (Å²) in [6.45, 7) is 1.11. The van der Waals surface area contributed by atoms with Crippen LogP contribution in [0.1, 0.15) is 11.1 Å². The van der Waals surface area contributed by atoms with Gasteiger partial charge in [0.05, 0.1) is 11.5 Å². The molecule has 4 nitrogen and oxygen atoms in total. The molecule has 2 aromatic rings. The van der Waals surface area contributed by atoms with Gasteiger partial charge in [0.25, 0.3) is 0 Å². The van der Waals surface area contributed by atoms with Gasteiger partial charge in [-0.25, -0.2) is 12.8 Å². The summed E-state index contributed by atoms with van der Waals surface area (Å²) in [6, 6.07) is 12.8. The van der Waals surface area contributed by atoms with E-state index in [9.17, 15) is 12.8 Å². The third-order valence-electron chi connectivity index (χ3n) is 4.33. The maximum atomic E-state index is 12.9. The molecule has 0 bridgehead atoms. The summed E-state index contributed by atoms with van der Waals surface area (Å²) in [7, 11) is -3.60. The Bertz CT molecular complexity index is 827. The Labute approximate surface area is 128 Å². The number of benzene rings is 2. The standard InChI is InChI=1S/C16H14FNO3S/c17-13-5-7-14(8-6-13)22(19,20)18-10-16(11-18)15-4-2-1-3-12(15)9-21-16/h1-8H,9-11H2. The van der Waals surface area contributed by atoms with Crippen LogP contribution in [-0.2, 0) is 27.0 Å². The average Bonchev–Trinajstić information content (AvgIpc) is 2.86. The molecule has 0 radical (unpaired) electrons. The summed E-state index contributed by atoms with van der Waals surface area (Å²) in [5, 5.41) is 0. The molecule has 0 unspecified atom stereocenters. The van der Waals surface area contributed by atoms with Crippen LogP contribution in [0.3, 0.4) is 0 Å². The molecule has 1 fully saturated rings. The molecular weight excluding hydrogens is 305 g/mol. The number of sulfonamides is 1. The van der Waals surface area contributed by atoms with Gasteiger partial charge in [-0.15, -0.1) is 0 Å². The lowest BCUT2D eigenvalue weighted by atomic mass is 9.87. The molecule has 2 aromatic carbocycles. The fourth-order valence-corrected chi connectivity index (χ4v) is 4.63. The smallest absolute Gasteiger partial charge is 0.243 e. The molecule has 0 aromatic heterocycles. The molecule has 4 rings (SSSR count). The minimum absolute atomic E-state index is 0.107. The van der Waals surface area contributed by atoms with E-state index < -0.39 is 21.4 Å². The maximum Gasteiger partial charge on any atom is 0.243 e. The number of rotatable bonds is 2. The van der Waals surface area contributed by atoms with E-state index in [-0.39, 0.29) is 4.90 Å². The van der Waals surface area contributed by atoms with Crippen molar-refractivity contribution >= 4 is 10.0 Å². The maximum absolute atomic E-state index is 12.9. The van der Waals surface area contributed by atoms with Crippen molar-refractivity contribution in [1.29, 1.82) is 0 Å². The summed E-state index contributed by atoms with van der Waals surface area (Å²) in [5.74, 6) is -0.452. The number of nitrogens with zero attached hydrogens (tertiary/aromatic N) is 1. The second kappa shape index (κ2) is 4.62. The molecule has 1 spiro atoms. The van der Waals surface area contributed by atoms with Crippen molar-refractivity contribution in [1.82, 2.24) is 4.31 Å². The van der Waals surface area contributed by atoms with Crippen LogP contribution >= 0.6 is 0 Å². The molecule has 0 atom stereocenters. The fraction of sp³-hybridized carbons (Fsp3) is 0.250. The van der Waals surface area contributed by atoms with E-state index in [0.717, 1.165) is 23.3 Å². The monoisotopic (exact) mass is 319 g/mol. The van der Waals surface area contributed by atoms with Crippen LogP contribution < -0.4 is 0 Å². The first-order chi connectivity index (χ1) is 10.5. The fourth-order valence-electron chi connectivity index (χ4n) is 3.09. The highest BCUT2D eigenvalue weighted by atomic mass is 32.2. The molecule has 6 heteroatoms. The molecule has 22 heavy (non-hydrogen) atoms. The van der Waals surface area contributed by atoms with Gasteiger partial charge in [-0.05, 0) is 35.4 Å². The Morgan fingerprint density at radius 1 is 1.05 bits per heavy atom. The van der Waals surface area contributed by atoms with Gasteiger partial charge in [0.1, 0.15) is 11.4 Å². The van der Waals surface area contributed by atoms with Crippen LogP contribution in [-0.4, -0.2) is 25.8 Å². The second-order valence-electron chi connectivity index (χ2n) is 5.67. The van der Waals surface area contributed by atoms with Crippen molar-refractivity contribution < 1.29 is 17.5 Å². The third kappa shape index (κ3) is 1.91. The molecule has 0 saturated carbocycles. The van der Waals surface area contributed by atoms with E-state index in [1.54, 1.807) is 0 Å². The van der Waals surface area contributed by atoms with Gasteiger partial charge in [0.2, 0.25) is 10.0 Å². The average molecular weight is 319 g/mol. The van der Waals surface area contributed by atoms with Crippen LogP contribution in [0.15, 0.2) is 53.4 Å². The number of fused-ring (bicyclic) bond motifs is 2. The van der Waals surface area contributed by atoms with Crippen LogP contribution in [0.5, 0.6) is 0 Å². The van der Waals surface area contributed by atoms with Crippen LogP contribution in [0.2, 0.25) is 0 Å². The van der Waals surface area contributed by atoms with E-state index >= 15 is 0 Å². The molecule has 2 aliphatic heterocycles. The predicted molar refractivity (Wildman–Crippen MR) is 78.1 cm³/mol. The van der Waals surface area contributed by atoms with Crippen molar-refractivity contribution in [3.63, 3.8) is 0 Å². The molecule has 0 N–H and O–H groups in total. The SMILES string of the molecule is O=S(=O)(c1ccc(F)cc1)N1CC2(C1)OCc1ccccc12. The highest BCUT2D eigenvalue weighted by Gasteiger charge is 2.53. The van der Waals surface area contributed by atoms with Crippen molar-refractivity contribution in [3.8, 4) is 0 Å². The zero-order valence-electron chi connectivity index (χ0n) is 11.7. The van der Waals surface area contributed by atoms with Crippen molar-refractivity contribution in [3.05, 3.63) is 65.5 Å². The van der Waals surface area contributed by atoms with Crippen LogP contribution in [0.25, 0.3) is 0 Å². The summed E-state index contributed by atoms with van der Waals surface area (Å²) in [4.78, 5) is 0.107. The van der Waals surface area contributed by atoms with Gasteiger partial charge in [-0.2, -0.15) is 4.31 Å². The zero-order chi connectivity index (χ0) is 15.4.